The van der Waals surface area contributed by atoms with Crippen LogP contribution in [0.1, 0.15) is 20.8 Å². The highest BCUT2D eigenvalue weighted by atomic mass is 19.2. The fraction of sp³-hybridized carbons (Fsp3) is 1.00. The number of hydrogen-bond donors (Lipinski definition) is 1. The van der Waals surface area contributed by atoms with Gasteiger partial charge in [0.1, 0.15) is 0 Å². The zero-order chi connectivity index (χ0) is 10.1. The summed E-state index contributed by atoms with van der Waals surface area (Å²) in [5.41, 5.74) is 0.0940. The number of halogens is 2. The third-order valence-electron chi connectivity index (χ3n) is 1.90. The Hall–Kier alpha value is -0.220. The lowest BCUT2D eigenvalue weighted by molar-refractivity contribution is 0.0263. The number of rotatable bonds is 1. The number of hydrogen-bond acceptors (Lipinski definition) is 2. The molecule has 1 N–H and O–H groups in total. The van der Waals surface area contributed by atoms with E-state index in [1.165, 1.54) is 0 Å². The van der Waals surface area contributed by atoms with E-state index in [0.29, 0.717) is 0 Å². The van der Waals surface area contributed by atoms with Gasteiger partial charge in [0.05, 0.1) is 0 Å². The van der Waals surface area contributed by atoms with Gasteiger partial charge in [-0.1, -0.05) is 20.8 Å². The first-order chi connectivity index (χ1) is 5.87. The van der Waals surface area contributed by atoms with Crippen LogP contribution in [0, 0.1) is 5.41 Å². The lowest BCUT2D eigenvalue weighted by atomic mass is 9.96. The van der Waals surface area contributed by atoms with Crippen molar-refractivity contribution in [1.29, 1.82) is 0 Å². The second-order valence-corrected chi connectivity index (χ2v) is 4.86. The van der Waals surface area contributed by atoms with Crippen molar-refractivity contribution < 1.29 is 8.78 Å². The van der Waals surface area contributed by atoms with Gasteiger partial charge in [-0.25, -0.2) is 8.78 Å². The molecule has 0 aromatic carbocycles. The number of nitrogens with zero attached hydrogens (tertiary/aromatic N) is 1. The Morgan fingerprint density at radius 1 is 1.23 bits per heavy atom. The second kappa shape index (κ2) is 3.88. The van der Waals surface area contributed by atoms with Gasteiger partial charge in [0.15, 0.2) is 12.6 Å². The fourth-order valence-electron chi connectivity index (χ4n) is 1.63. The standard InChI is InChI=1S/C9H18F2N2/c1-9(2,3)6-13-4-7(10)12-8(11)5-13/h7-8,12H,4-6H2,1-3H3. The van der Waals surface area contributed by atoms with E-state index in [9.17, 15) is 8.78 Å². The molecule has 0 amide bonds. The predicted molar refractivity (Wildman–Crippen MR) is 48.8 cm³/mol. The molecule has 2 unspecified atom stereocenters. The fourth-order valence-corrected chi connectivity index (χ4v) is 1.63. The Labute approximate surface area is 78.3 Å². The lowest BCUT2D eigenvalue weighted by Gasteiger charge is -2.36. The first-order valence-corrected chi connectivity index (χ1v) is 4.63. The molecule has 0 aromatic heterocycles. The van der Waals surface area contributed by atoms with Crippen molar-refractivity contribution >= 4 is 0 Å². The van der Waals surface area contributed by atoms with Crippen LogP contribution in [-0.2, 0) is 0 Å². The molecule has 0 bridgehead atoms. The first kappa shape index (κ1) is 10.9. The molecular formula is C9H18F2N2. The van der Waals surface area contributed by atoms with Crippen molar-refractivity contribution in [2.24, 2.45) is 5.41 Å². The minimum Gasteiger partial charge on any atom is -0.294 e. The van der Waals surface area contributed by atoms with E-state index < -0.39 is 12.6 Å². The zero-order valence-corrected chi connectivity index (χ0v) is 8.48. The van der Waals surface area contributed by atoms with E-state index in [1.807, 2.05) is 4.90 Å². The van der Waals surface area contributed by atoms with Crippen molar-refractivity contribution in [3.63, 3.8) is 0 Å². The highest BCUT2D eigenvalue weighted by Crippen LogP contribution is 2.17. The normalized spacial score (nSPS) is 32.1. The molecule has 2 nitrogen and oxygen atoms in total. The van der Waals surface area contributed by atoms with Gasteiger partial charge in [-0.3, -0.25) is 10.2 Å². The van der Waals surface area contributed by atoms with Crippen molar-refractivity contribution in [3.8, 4) is 0 Å². The molecule has 1 fully saturated rings. The van der Waals surface area contributed by atoms with Crippen LogP contribution in [0.5, 0.6) is 0 Å². The van der Waals surface area contributed by atoms with E-state index >= 15 is 0 Å². The van der Waals surface area contributed by atoms with Gasteiger partial charge in [-0.15, -0.1) is 0 Å². The van der Waals surface area contributed by atoms with Crippen LogP contribution in [0.15, 0.2) is 0 Å². The summed E-state index contributed by atoms with van der Waals surface area (Å²) in [6.45, 7) is 7.51. The molecule has 1 aliphatic rings. The van der Waals surface area contributed by atoms with E-state index in [2.05, 4.69) is 26.1 Å². The van der Waals surface area contributed by atoms with Gasteiger partial charge in [-0.05, 0) is 5.41 Å². The molecule has 0 saturated carbocycles. The van der Waals surface area contributed by atoms with E-state index in [0.717, 1.165) is 6.54 Å². The van der Waals surface area contributed by atoms with Gasteiger partial charge in [0.2, 0.25) is 0 Å². The number of nitrogens with one attached hydrogen (secondary N) is 1. The molecule has 0 aliphatic carbocycles. The Bertz CT molecular complexity index is 157. The summed E-state index contributed by atoms with van der Waals surface area (Å²) in [6, 6.07) is 0. The maximum Gasteiger partial charge on any atom is 0.166 e. The van der Waals surface area contributed by atoms with E-state index in [4.69, 9.17) is 0 Å². The summed E-state index contributed by atoms with van der Waals surface area (Å²) in [6.07, 6.45) is -2.46. The summed E-state index contributed by atoms with van der Waals surface area (Å²) >= 11 is 0. The third-order valence-corrected chi connectivity index (χ3v) is 1.90. The SMILES string of the molecule is CC(C)(C)CN1CC(F)NC(F)C1. The summed E-state index contributed by atoms with van der Waals surface area (Å²) in [5, 5.41) is 2.22. The van der Waals surface area contributed by atoms with Gasteiger partial charge >= 0.3 is 0 Å². The smallest absolute Gasteiger partial charge is 0.166 e. The van der Waals surface area contributed by atoms with Gasteiger partial charge < -0.3 is 0 Å². The number of piperazine rings is 1. The predicted octanol–water partition coefficient (Wildman–Crippen LogP) is 1.53. The van der Waals surface area contributed by atoms with Crippen molar-refractivity contribution in [3.05, 3.63) is 0 Å². The van der Waals surface area contributed by atoms with Gasteiger partial charge in [-0.2, -0.15) is 0 Å². The summed E-state index contributed by atoms with van der Waals surface area (Å²) in [7, 11) is 0. The summed E-state index contributed by atoms with van der Waals surface area (Å²) in [5.74, 6) is 0. The van der Waals surface area contributed by atoms with Crippen molar-refractivity contribution in [1.82, 2.24) is 10.2 Å². The maximum atomic E-state index is 12.9. The van der Waals surface area contributed by atoms with Gasteiger partial charge in [0, 0.05) is 19.6 Å². The van der Waals surface area contributed by atoms with Crippen LogP contribution in [0.25, 0.3) is 0 Å². The first-order valence-electron chi connectivity index (χ1n) is 4.63. The molecule has 78 valence electrons. The van der Waals surface area contributed by atoms with Crippen LogP contribution in [-0.4, -0.2) is 37.1 Å². The topological polar surface area (TPSA) is 15.3 Å². The molecule has 2 atom stereocenters. The van der Waals surface area contributed by atoms with Gasteiger partial charge in [0.25, 0.3) is 0 Å². The highest BCUT2D eigenvalue weighted by molar-refractivity contribution is 4.78. The summed E-state index contributed by atoms with van der Waals surface area (Å²) < 4.78 is 25.7. The monoisotopic (exact) mass is 192 g/mol. The average molecular weight is 192 g/mol. The number of alkyl halides is 2. The van der Waals surface area contributed by atoms with Crippen molar-refractivity contribution in [2.45, 2.75) is 33.4 Å². The highest BCUT2D eigenvalue weighted by Gasteiger charge is 2.28. The molecule has 1 aliphatic heterocycles. The molecule has 0 aromatic rings. The minimum absolute atomic E-state index is 0.0940. The largest absolute Gasteiger partial charge is 0.294 e. The molecule has 0 spiro atoms. The van der Waals surface area contributed by atoms with Crippen LogP contribution < -0.4 is 5.32 Å². The van der Waals surface area contributed by atoms with E-state index in [-0.39, 0.29) is 18.5 Å². The summed E-state index contributed by atoms with van der Waals surface area (Å²) in [4.78, 5) is 1.83. The Morgan fingerprint density at radius 2 is 1.69 bits per heavy atom. The van der Waals surface area contributed by atoms with Crippen LogP contribution >= 0.6 is 0 Å². The van der Waals surface area contributed by atoms with Crippen molar-refractivity contribution in [2.75, 3.05) is 19.6 Å². The second-order valence-electron chi connectivity index (χ2n) is 4.86. The van der Waals surface area contributed by atoms with Crippen LogP contribution in [0.3, 0.4) is 0 Å². The lowest BCUT2D eigenvalue weighted by Crippen LogP contribution is -2.54. The van der Waals surface area contributed by atoms with Crippen LogP contribution in [0.2, 0.25) is 0 Å². The molecule has 1 heterocycles. The Morgan fingerprint density at radius 3 is 2.08 bits per heavy atom. The Kier molecular flexibility index (Phi) is 3.24. The minimum atomic E-state index is -1.23. The Balaban J connectivity index is 2.42. The molecule has 1 rings (SSSR count). The quantitative estimate of drug-likeness (QED) is 0.634. The van der Waals surface area contributed by atoms with Crippen LogP contribution in [0.4, 0.5) is 8.78 Å². The molecular weight excluding hydrogens is 174 g/mol. The molecule has 4 heteroatoms. The molecule has 1 saturated heterocycles. The average Bonchev–Trinajstić information content (AvgIpc) is 1.78. The molecule has 0 radical (unpaired) electrons. The zero-order valence-electron chi connectivity index (χ0n) is 8.48. The van der Waals surface area contributed by atoms with E-state index in [1.54, 1.807) is 0 Å². The molecule has 13 heavy (non-hydrogen) atoms. The third kappa shape index (κ3) is 4.00. The maximum absolute atomic E-state index is 12.9.